The number of carbonyl (C=O) groups excluding carboxylic acids is 2. The van der Waals surface area contributed by atoms with Crippen LogP contribution in [0.4, 0.5) is 23.7 Å². The van der Waals surface area contributed by atoms with Crippen molar-refractivity contribution in [1.29, 1.82) is 0 Å². The Morgan fingerprint density at radius 2 is 1.49 bits per heavy atom. The molecule has 0 unspecified atom stereocenters. The van der Waals surface area contributed by atoms with E-state index >= 15 is 0 Å². The summed E-state index contributed by atoms with van der Waals surface area (Å²) in [5.74, 6) is -2.92. The summed E-state index contributed by atoms with van der Waals surface area (Å²) in [5.41, 5.74) is 1.22. The quantitative estimate of drug-likeness (QED) is 0.476. The van der Waals surface area contributed by atoms with Gasteiger partial charge in [0.15, 0.2) is 0 Å². The number of anilines is 1. The van der Waals surface area contributed by atoms with Gasteiger partial charge in [-0.1, -0.05) is 48.4 Å². The average Bonchev–Trinajstić information content (AvgIpc) is 2.93. The first-order chi connectivity index (χ1) is 18.5. The Morgan fingerprint density at radius 1 is 0.923 bits per heavy atom. The second-order valence-corrected chi connectivity index (χ2v) is 9.72. The molecule has 0 spiro atoms. The second kappa shape index (κ2) is 14.2. The van der Waals surface area contributed by atoms with Crippen molar-refractivity contribution in [3.63, 3.8) is 0 Å². The van der Waals surface area contributed by atoms with E-state index in [1.54, 1.807) is 24.3 Å². The first kappa shape index (κ1) is 30.2. The molecule has 8 nitrogen and oxygen atoms in total. The molecule has 4 rings (SSSR count). The van der Waals surface area contributed by atoms with Crippen LogP contribution < -0.4 is 5.32 Å². The number of benzene rings is 2. The van der Waals surface area contributed by atoms with E-state index in [-0.39, 0.29) is 5.91 Å². The molecule has 1 atom stereocenters. The summed E-state index contributed by atoms with van der Waals surface area (Å²) < 4.78 is 37.4. The Hall–Kier alpha value is -3.31. The minimum absolute atomic E-state index is 0.167. The van der Waals surface area contributed by atoms with E-state index in [2.05, 4.69) is 10.2 Å². The predicted octanol–water partition coefficient (Wildman–Crippen LogP) is 5.74. The fourth-order valence-electron chi connectivity index (χ4n) is 4.58. The molecule has 0 radical (unpaired) electrons. The summed E-state index contributed by atoms with van der Waals surface area (Å²) in [4.78, 5) is 39.3. The number of aliphatic carboxylic acids is 1. The number of nitrogens with one attached hydrogen (secondary N) is 1. The zero-order valence-corrected chi connectivity index (χ0v) is 22.0. The molecular weight excluding hydrogens is 539 g/mol. The maximum absolute atomic E-state index is 13.4. The zero-order valence-electron chi connectivity index (χ0n) is 21.2. The number of amides is 2. The standard InChI is InChI=1S/C25H30ClN3O3.C2HF3O2/c26-20-9-11-21(12-10-20)27-25(31)32-23(19-7-3-1-4-8-19)24(30)29-17-13-22(14-18-29)28-15-5-2-6-16-28;3-2(4,5)1(6)7/h1,3-4,7-12,22-23H,2,5-6,13-18H2,(H,27,31);(H,6,7)/t23-;/m1./s1. The summed E-state index contributed by atoms with van der Waals surface area (Å²) in [6.45, 7) is 3.70. The van der Waals surface area contributed by atoms with E-state index in [0.717, 1.165) is 12.8 Å². The molecule has 212 valence electrons. The van der Waals surface area contributed by atoms with Crippen LogP contribution in [0.1, 0.15) is 43.8 Å². The van der Waals surface area contributed by atoms with Gasteiger partial charge in [-0.2, -0.15) is 13.2 Å². The number of carbonyl (C=O) groups is 3. The largest absolute Gasteiger partial charge is 0.490 e. The minimum atomic E-state index is -5.08. The monoisotopic (exact) mass is 569 g/mol. The first-order valence-electron chi connectivity index (χ1n) is 12.7. The molecule has 2 aromatic carbocycles. The van der Waals surface area contributed by atoms with Gasteiger partial charge in [0.05, 0.1) is 0 Å². The van der Waals surface area contributed by atoms with Crippen LogP contribution in [-0.4, -0.2) is 71.3 Å². The molecule has 2 heterocycles. The maximum Gasteiger partial charge on any atom is 0.490 e. The summed E-state index contributed by atoms with van der Waals surface area (Å²) in [6.07, 6.45) is -0.943. The predicted molar refractivity (Wildman–Crippen MR) is 139 cm³/mol. The van der Waals surface area contributed by atoms with Crippen LogP contribution in [0, 0.1) is 0 Å². The number of hydrogen-bond donors (Lipinski definition) is 2. The van der Waals surface area contributed by atoms with Crippen LogP contribution in [-0.2, 0) is 14.3 Å². The molecule has 0 aromatic heterocycles. The number of halogens is 4. The lowest BCUT2D eigenvalue weighted by Gasteiger charge is -2.40. The van der Waals surface area contributed by atoms with E-state index < -0.39 is 24.3 Å². The highest BCUT2D eigenvalue weighted by atomic mass is 35.5. The van der Waals surface area contributed by atoms with Crippen LogP contribution in [0.25, 0.3) is 0 Å². The number of alkyl halides is 3. The van der Waals surface area contributed by atoms with Gasteiger partial charge in [-0.25, -0.2) is 9.59 Å². The van der Waals surface area contributed by atoms with Crippen LogP contribution in [0.2, 0.25) is 5.02 Å². The number of carboxylic acid groups (broad SMARTS) is 1. The fourth-order valence-corrected chi connectivity index (χ4v) is 4.70. The van der Waals surface area contributed by atoms with Gasteiger partial charge in [0.1, 0.15) is 0 Å². The van der Waals surface area contributed by atoms with Crippen molar-refractivity contribution < 1.29 is 37.4 Å². The van der Waals surface area contributed by atoms with E-state index in [1.807, 2.05) is 35.2 Å². The molecule has 2 aromatic rings. The highest BCUT2D eigenvalue weighted by Gasteiger charge is 2.38. The molecule has 12 heteroatoms. The molecule has 0 saturated carbocycles. The van der Waals surface area contributed by atoms with Gasteiger partial charge >= 0.3 is 18.2 Å². The Labute approximate surface area is 229 Å². The van der Waals surface area contributed by atoms with Crippen molar-refractivity contribution in [2.45, 2.75) is 50.4 Å². The Balaban J connectivity index is 0.000000532. The number of carboxylic acids is 1. The lowest BCUT2D eigenvalue weighted by Crippen LogP contribution is -2.49. The molecule has 0 aliphatic carbocycles. The third-order valence-corrected chi connectivity index (χ3v) is 6.82. The van der Waals surface area contributed by atoms with Gasteiger partial charge in [-0.15, -0.1) is 0 Å². The highest BCUT2D eigenvalue weighted by molar-refractivity contribution is 6.30. The molecule has 2 fully saturated rings. The summed E-state index contributed by atoms with van der Waals surface area (Å²) in [5, 5.41) is 10.4. The van der Waals surface area contributed by atoms with E-state index in [0.29, 0.717) is 35.4 Å². The Morgan fingerprint density at radius 3 is 2.03 bits per heavy atom. The molecule has 0 bridgehead atoms. The summed E-state index contributed by atoms with van der Waals surface area (Å²) in [6, 6.07) is 16.5. The number of ether oxygens (including phenoxy) is 1. The normalized spacial score (nSPS) is 17.4. The number of likely N-dealkylation sites (tertiary alicyclic amines) is 2. The van der Waals surface area contributed by atoms with Crippen LogP contribution in [0.5, 0.6) is 0 Å². The van der Waals surface area contributed by atoms with Crippen LogP contribution in [0.3, 0.4) is 0 Å². The smallest absolute Gasteiger partial charge is 0.475 e. The summed E-state index contributed by atoms with van der Waals surface area (Å²) in [7, 11) is 0. The van der Waals surface area contributed by atoms with Gasteiger partial charge in [0, 0.05) is 35.4 Å². The highest BCUT2D eigenvalue weighted by Crippen LogP contribution is 2.26. The SMILES string of the molecule is O=C(Nc1ccc(Cl)cc1)O[C@@H](C(=O)N1CCC(N2CCCCC2)CC1)c1ccccc1.O=C(O)C(F)(F)F. The molecule has 2 N–H and O–H groups in total. The second-order valence-electron chi connectivity index (χ2n) is 9.28. The summed E-state index contributed by atoms with van der Waals surface area (Å²) >= 11 is 5.90. The van der Waals surface area contributed by atoms with Gasteiger partial charge in [0.25, 0.3) is 5.91 Å². The maximum atomic E-state index is 13.4. The van der Waals surface area contributed by atoms with E-state index in [1.165, 1.54) is 32.4 Å². The van der Waals surface area contributed by atoms with Crippen molar-refractivity contribution in [3.05, 3.63) is 65.2 Å². The van der Waals surface area contributed by atoms with Crippen LogP contribution >= 0.6 is 11.6 Å². The van der Waals surface area contributed by atoms with Crippen molar-refractivity contribution >= 4 is 35.3 Å². The van der Waals surface area contributed by atoms with Crippen molar-refractivity contribution in [1.82, 2.24) is 9.80 Å². The third kappa shape index (κ3) is 9.43. The number of nitrogens with zero attached hydrogens (tertiary/aromatic N) is 2. The average molecular weight is 570 g/mol. The van der Waals surface area contributed by atoms with Crippen molar-refractivity contribution in [3.8, 4) is 0 Å². The Bertz CT molecular complexity index is 1090. The molecule has 2 aliphatic rings. The van der Waals surface area contributed by atoms with E-state index in [4.69, 9.17) is 26.2 Å². The molecule has 39 heavy (non-hydrogen) atoms. The van der Waals surface area contributed by atoms with Crippen molar-refractivity contribution in [2.24, 2.45) is 0 Å². The molecule has 2 saturated heterocycles. The molecule has 2 amide bonds. The zero-order chi connectivity index (χ0) is 28.4. The minimum Gasteiger partial charge on any atom is -0.475 e. The lowest BCUT2D eigenvalue weighted by molar-refractivity contribution is -0.192. The molecule has 2 aliphatic heterocycles. The Kier molecular flexibility index (Phi) is 11.0. The van der Waals surface area contributed by atoms with Crippen LogP contribution in [0.15, 0.2) is 54.6 Å². The van der Waals surface area contributed by atoms with Crippen molar-refractivity contribution in [2.75, 3.05) is 31.5 Å². The van der Waals surface area contributed by atoms with Gasteiger partial charge in [0.2, 0.25) is 6.10 Å². The number of hydrogen-bond acceptors (Lipinski definition) is 5. The third-order valence-electron chi connectivity index (χ3n) is 6.57. The first-order valence-corrected chi connectivity index (χ1v) is 13.0. The topological polar surface area (TPSA) is 99.2 Å². The van der Waals surface area contributed by atoms with Gasteiger partial charge < -0.3 is 19.6 Å². The number of rotatable bonds is 5. The lowest BCUT2D eigenvalue weighted by atomic mass is 9.99. The van der Waals surface area contributed by atoms with Gasteiger partial charge in [-0.05, 0) is 63.0 Å². The molecular formula is C27H31ClF3N3O5. The fraction of sp³-hybridized carbons (Fsp3) is 0.444. The number of piperidine rings is 2. The van der Waals surface area contributed by atoms with Gasteiger partial charge in [-0.3, -0.25) is 10.1 Å². The van der Waals surface area contributed by atoms with E-state index in [9.17, 15) is 22.8 Å².